The number of hydrogen-bond acceptors (Lipinski definition) is 6. The van der Waals surface area contributed by atoms with Gasteiger partial charge in [-0.05, 0) is 44.0 Å². The van der Waals surface area contributed by atoms with E-state index in [1.807, 2.05) is 12.1 Å². The molecule has 2 atom stereocenters. The molecule has 6 nitrogen and oxygen atoms in total. The zero-order valence-electron chi connectivity index (χ0n) is 15.0. The molecule has 1 aliphatic rings. The van der Waals surface area contributed by atoms with E-state index in [1.54, 1.807) is 19.9 Å². The monoisotopic (exact) mass is 420 g/mol. The first-order valence-electron chi connectivity index (χ1n) is 8.32. The Morgan fingerprint density at radius 1 is 1.35 bits per heavy atom. The lowest BCUT2D eigenvalue weighted by molar-refractivity contribution is -0.152. The van der Waals surface area contributed by atoms with E-state index < -0.39 is 23.3 Å². The number of nitrogens with two attached hydrogens (primary N) is 1. The van der Waals surface area contributed by atoms with E-state index in [2.05, 4.69) is 22.0 Å². The molecule has 1 aliphatic carbocycles. The highest BCUT2D eigenvalue weighted by Crippen LogP contribution is 2.47. The maximum atomic E-state index is 12.7. The summed E-state index contributed by atoms with van der Waals surface area (Å²) in [5.74, 6) is -2.20. The summed E-state index contributed by atoms with van der Waals surface area (Å²) in [5.41, 5.74) is 6.55. The zero-order chi connectivity index (χ0) is 19.5. The minimum Gasteiger partial charge on any atom is -0.465 e. The number of nitrogens with zero attached hydrogens (tertiary/aromatic N) is 1. The zero-order valence-corrected chi connectivity index (χ0v) is 16.6. The second kappa shape index (κ2) is 7.92. The minimum atomic E-state index is -1.63. The first-order chi connectivity index (χ1) is 12.3. The van der Waals surface area contributed by atoms with Gasteiger partial charge in [-0.15, -0.1) is 0 Å². The third kappa shape index (κ3) is 3.47. The fraction of sp³-hybridized carbons (Fsp3) is 0.421. The van der Waals surface area contributed by atoms with Crippen molar-refractivity contribution in [1.82, 2.24) is 0 Å². The fourth-order valence-electron chi connectivity index (χ4n) is 3.20. The van der Waals surface area contributed by atoms with Crippen LogP contribution in [0.25, 0.3) is 0 Å². The van der Waals surface area contributed by atoms with Crippen molar-refractivity contribution >= 4 is 27.9 Å². The first kappa shape index (κ1) is 20.0. The van der Waals surface area contributed by atoms with Crippen LogP contribution in [0.1, 0.15) is 37.8 Å². The summed E-state index contributed by atoms with van der Waals surface area (Å²) in [6.07, 6.45) is 0.345. The van der Waals surface area contributed by atoms with Crippen molar-refractivity contribution < 1.29 is 19.1 Å². The molecule has 0 bridgehead atoms. The highest BCUT2D eigenvalue weighted by atomic mass is 79.9. The van der Waals surface area contributed by atoms with Crippen LogP contribution in [-0.4, -0.2) is 25.2 Å². The number of esters is 2. The number of halogens is 1. The van der Waals surface area contributed by atoms with Gasteiger partial charge < -0.3 is 15.2 Å². The Hall–Kier alpha value is -2.33. The van der Waals surface area contributed by atoms with Gasteiger partial charge in [0, 0.05) is 22.5 Å². The molecule has 0 fully saturated rings. The standard InChI is InChI=1S/C19H21BrN2O4/c1-4-25-17(23)15-14(22)8-11-6-7-12(20)9-13(11)16(15)19(3,10-21)18(24)26-5-2/h6-7,9,16H,4-5,8,22H2,1-3H3. The summed E-state index contributed by atoms with van der Waals surface area (Å²) < 4.78 is 11.1. The van der Waals surface area contributed by atoms with Gasteiger partial charge >= 0.3 is 11.9 Å². The Labute approximate surface area is 161 Å². The SMILES string of the molecule is CCOC(=O)C1=C(N)Cc2ccc(Br)cc2C1C(C)(C#N)C(=O)OCC. The van der Waals surface area contributed by atoms with Gasteiger partial charge in [0.1, 0.15) is 0 Å². The van der Waals surface area contributed by atoms with Crippen LogP contribution < -0.4 is 5.73 Å². The van der Waals surface area contributed by atoms with Crippen molar-refractivity contribution in [2.45, 2.75) is 33.1 Å². The summed E-state index contributed by atoms with van der Waals surface area (Å²) >= 11 is 3.41. The smallest absolute Gasteiger partial charge is 0.336 e. The number of carbonyl (C=O) groups excluding carboxylic acids is 2. The van der Waals surface area contributed by atoms with E-state index in [1.165, 1.54) is 6.92 Å². The topological polar surface area (TPSA) is 102 Å². The lowest BCUT2D eigenvalue weighted by Crippen LogP contribution is -2.41. The number of hydrogen-bond donors (Lipinski definition) is 1. The summed E-state index contributed by atoms with van der Waals surface area (Å²) in [4.78, 5) is 25.3. The number of fused-ring (bicyclic) bond motifs is 1. The first-order valence-corrected chi connectivity index (χ1v) is 9.11. The minimum absolute atomic E-state index is 0.127. The Kier molecular flexibility index (Phi) is 6.09. The molecule has 1 aromatic carbocycles. The van der Waals surface area contributed by atoms with Crippen LogP contribution in [-0.2, 0) is 25.5 Å². The molecular formula is C19H21BrN2O4. The molecule has 0 saturated carbocycles. The van der Waals surface area contributed by atoms with Crippen molar-refractivity contribution in [2.75, 3.05) is 13.2 Å². The maximum absolute atomic E-state index is 12.7. The molecule has 138 valence electrons. The lowest BCUT2D eigenvalue weighted by Gasteiger charge is -2.36. The number of carbonyl (C=O) groups is 2. The third-order valence-corrected chi connectivity index (χ3v) is 4.93. The van der Waals surface area contributed by atoms with Crippen molar-refractivity contribution in [2.24, 2.45) is 11.1 Å². The van der Waals surface area contributed by atoms with Gasteiger partial charge in [0.15, 0.2) is 5.41 Å². The van der Waals surface area contributed by atoms with Crippen LogP contribution in [0, 0.1) is 16.7 Å². The Balaban J connectivity index is 2.74. The highest BCUT2D eigenvalue weighted by molar-refractivity contribution is 9.10. The second-order valence-electron chi connectivity index (χ2n) is 6.15. The van der Waals surface area contributed by atoms with Crippen LogP contribution in [0.15, 0.2) is 33.9 Å². The molecule has 2 rings (SSSR count). The quantitative estimate of drug-likeness (QED) is 0.734. The van der Waals surface area contributed by atoms with E-state index in [-0.39, 0.29) is 18.8 Å². The summed E-state index contributed by atoms with van der Waals surface area (Å²) in [6, 6.07) is 7.58. The van der Waals surface area contributed by atoms with Gasteiger partial charge in [0.2, 0.25) is 0 Å². The number of allylic oxidation sites excluding steroid dienone is 1. The van der Waals surface area contributed by atoms with Crippen molar-refractivity contribution in [3.05, 3.63) is 45.1 Å². The average molecular weight is 421 g/mol. The molecule has 0 aliphatic heterocycles. The predicted octanol–water partition coefficient (Wildman–Crippen LogP) is 2.96. The fourth-order valence-corrected chi connectivity index (χ4v) is 3.58. The molecule has 2 unspecified atom stereocenters. The van der Waals surface area contributed by atoms with Crippen LogP contribution >= 0.6 is 15.9 Å². The number of rotatable bonds is 5. The Bertz CT molecular complexity index is 812. The molecule has 26 heavy (non-hydrogen) atoms. The summed E-state index contributed by atoms with van der Waals surface area (Å²) in [5, 5.41) is 9.87. The normalized spacial score (nSPS) is 18.3. The molecule has 7 heteroatoms. The lowest BCUT2D eigenvalue weighted by atomic mass is 9.66. The third-order valence-electron chi connectivity index (χ3n) is 4.44. The molecule has 0 spiro atoms. The molecule has 2 N–H and O–H groups in total. The Morgan fingerprint density at radius 2 is 2.00 bits per heavy atom. The van der Waals surface area contributed by atoms with E-state index in [9.17, 15) is 14.9 Å². The van der Waals surface area contributed by atoms with Crippen molar-refractivity contribution in [1.29, 1.82) is 5.26 Å². The molecule has 0 aromatic heterocycles. The van der Waals surface area contributed by atoms with Gasteiger partial charge in [-0.3, -0.25) is 4.79 Å². The van der Waals surface area contributed by atoms with Gasteiger partial charge in [-0.1, -0.05) is 22.0 Å². The molecule has 0 radical (unpaired) electrons. The average Bonchev–Trinajstić information content (AvgIpc) is 2.60. The van der Waals surface area contributed by atoms with Crippen LogP contribution in [0.3, 0.4) is 0 Å². The Morgan fingerprint density at radius 3 is 2.58 bits per heavy atom. The van der Waals surface area contributed by atoms with Gasteiger partial charge in [0.25, 0.3) is 0 Å². The van der Waals surface area contributed by atoms with Crippen LogP contribution in [0.5, 0.6) is 0 Å². The van der Waals surface area contributed by atoms with Crippen LogP contribution in [0.4, 0.5) is 0 Å². The van der Waals surface area contributed by atoms with Crippen molar-refractivity contribution in [3.63, 3.8) is 0 Å². The maximum Gasteiger partial charge on any atom is 0.336 e. The largest absolute Gasteiger partial charge is 0.465 e. The van der Waals surface area contributed by atoms with Crippen LogP contribution in [0.2, 0.25) is 0 Å². The van der Waals surface area contributed by atoms with E-state index >= 15 is 0 Å². The number of ether oxygens (including phenoxy) is 2. The second-order valence-corrected chi connectivity index (χ2v) is 7.06. The summed E-state index contributed by atoms with van der Waals surface area (Å²) in [7, 11) is 0. The molecule has 1 aromatic rings. The number of nitriles is 1. The van der Waals surface area contributed by atoms with E-state index in [4.69, 9.17) is 15.2 Å². The molecule has 0 amide bonds. The van der Waals surface area contributed by atoms with Gasteiger partial charge in [-0.25, -0.2) is 4.79 Å². The van der Waals surface area contributed by atoms with E-state index in [0.29, 0.717) is 17.7 Å². The molecule has 0 saturated heterocycles. The predicted molar refractivity (Wildman–Crippen MR) is 98.8 cm³/mol. The molecular weight excluding hydrogens is 400 g/mol. The van der Waals surface area contributed by atoms with Gasteiger partial charge in [-0.2, -0.15) is 5.26 Å². The number of benzene rings is 1. The summed E-state index contributed by atoms with van der Waals surface area (Å²) in [6.45, 7) is 5.11. The van der Waals surface area contributed by atoms with E-state index in [0.717, 1.165) is 10.0 Å². The highest BCUT2D eigenvalue weighted by Gasteiger charge is 2.50. The van der Waals surface area contributed by atoms with Gasteiger partial charge in [0.05, 0.1) is 24.9 Å². The molecule has 0 heterocycles. The van der Waals surface area contributed by atoms with Crippen molar-refractivity contribution in [3.8, 4) is 6.07 Å².